The van der Waals surface area contributed by atoms with Gasteiger partial charge in [-0.2, -0.15) is 0 Å². The van der Waals surface area contributed by atoms with Crippen molar-refractivity contribution in [3.05, 3.63) is 22.8 Å². The maximum absolute atomic E-state index is 11.4. The van der Waals surface area contributed by atoms with Crippen molar-refractivity contribution in [2.24, 2.45) is 0 Å². The van der Waals surface area contributed by atoms with E-state index in [1.54, 1.807) is 0 Å². The van der Waals surface area contributed by atoms with Crippen LogP contribution in [0.1, 0.15) is 45.4 Å². The molecule has 0 spiro atoms. The fourth-order valence-electron chi connectivity index (χ4n) is 4.03. The van der Waals surface area contributed by atoms with E-state index in [4.69, 9.17) is 24.8 Å². The third-order valence-corrected chi connectivity index (χ3v) is 6.31. The highest BCUT2D eigenvalue weighted by Gasteiger charge is 2.17. The van der Waals surface area contributed by atoms with Crippen molar-refractivity contribution in [3.8, 4) is 0 Å². The van der Waals surface area contributed by atoms with Crippen LogP contribution in [0.4, 0.5) is 0 Å². The van der Waals surface area contributed by atoms with Crippen LogP contribution < -0.4 is 0 Å². The van der Waals surface area contributed by atoms with Crippen LogP contribution in [0.15, 0.2) is 22.8 Å². The van der Waals surface area contributed by atoms with Gasteiger partial charge < -0.3 is 29.5 Å². The average Bonchev–Trinajstić information content (AvgIpc) is 2.90. The van der Waals surface area contributed by atoms with Crippen molar-refractivity contribution in [1.29, 1.82) is 0 Å². The van der Waals surface area contributed by atoms with Gasteiger partial charge in [0.25, 0.3) is 0 Å². The minimum absolute atomic E-state index is 0.00878. The minimum atomic E-state index is -1.16. The summed E-state index contributed by atoms with van der Waals surface area (Å²) in [5.74, 6) is -3.97. The zero-order valence-electron chi connectivity index (χ0n) is 22.5. The van der Waals surface area contributed by atoms with Crippen LogP contribution in [0.2, 0.25) is 0 Å². The highest BCUT2D eigenvalue weighted by molar-refractivity contribution is 5.98. The van der Waals surface area contributed by atoms with Gasteiger partial charge >= 0.3 is 23.9 Å². The second-order valence-corrected chi connectivity index (χ2v) is 9.04. The molecule has 2 fully saturated rings. The van der Waals surface area contributed by atoms with Crippen molar-refractivity contribution in [2.45, 2.75) is 45.4 Å². The molecule has 3 N–H and O–H groups in total. The molecule has 0 bridgehead atoms. The van der Waals surface area contributed by atoms with Gasteiger partial charge in [-0.25, -0.2) is 19.2 Å². The summed E-state index contributed by atoms with van der Waals surface area (Å²) in [6, 6.07) is 0. The molecule has 2 saturated heterocycles. The molecule has 0 atom stereocenters. The number of morpholine rings is 2. The molecule has 0 aromatic carbocycles. The number of aliphatic carboxylic acids is 3. The van der Waals surface area contributed by atoms with Crippen LogP contribution >= 0.6 is 0 Å². The maximum atomic E-state index is 11.4. The molecule has 0 saturated carbocycles. The highest BCUT2D eigenvalue weighted by Crippen LogP contribution is 2.14. The summed E-state index contributed by atoms with van der Waals surface area (Å²) >= 11 is 0. The number of nitrogens with zero attached hydrogens (tertiary/aromatic N) is 2. The molecule has 2 aliphatic rings. The zero-order valence-corrected chi connectivity index (χ0v) is 22.5. The molecule has 2 rings (SSSR count). The van der Waals surface area contributed by atoms with Crippen LogP contribution in [-0.2, 0) is 33.4 Å². The van der Waals surface area contributed by atoms with Gasteiger partial charge in [0, 0.05) is 49.0 Å². The van der Waals surface area contributed by atoms with E-state index in [-0.39, 0.29) is 16.7 Å². The number of carboxylic acid groups (broad SMARTS) is 3. The highest BCUT2D eigenvalue weighted by atomic mass is 16.5. The minimum Gasteiger partial charge on any atom is -0.478 e. The first-order valence-electron chi connectivity index (χ1n) is 12.9. The van der Waals surface area contributed by atoms with E-state index in [0.29, 0.717) is 19.3 Å². The maximum Gasteiger partial charge on any atom is 0.333 e. The lowest BCUT2D eigenvalue weighted by molar-refractivity contribution is -0.137. The van der Waals surface area contributed by atoms with Crippen LogP contribution in [0.3, 0.4) is 0 Å². The van der Waals surface area contributed by atoms with Crippen LogP contribution in [-0.4, -0.2) is 122 Å². The zero-order chi connectivity index (χ0) is 28.3. The number of hydrogen-bond acceptors (Lipinski definition) is 9. The van der Waals surface area contributed by atoms with Crippen molar-refractivity contribution in [1.82, 2.24) is 9.80 Å². The molecule has 2 heterocycles. The third-order valence-electron chi connectivity index (χ3n) is 6.31. The lowest BCUT2D eigenvalue weighted by Gasteiger charge is -2.26. The van der Waals surface area contributed by atoms with Crippen LogP contribution in [0.25, 0.3) is 0 Å². The predicted octanol–water partition coefficient (Wildman–Crippen LogP) is 1.65. The standard InChI is InChI=1S/2C13H21NO5/c1-18-13(17)11(10-12(15)16)4-2-3-5-14-6-8-19-9-7-14;1-10(12(15)16)11(13(17)18)4-2-3-5-14-6-8-19-9-7-14/h10H,2-9H2,1H3,(H,15,16);2-9H2,1H3,(H,15,16)(H,17,18)/b2*11-10+. The Morgan fingerprint density at radius 2 is 1.24 bits per heavy atom. The summed E-state index contributed by atoms with van der Waals surface area (Å²) in [6.45, 7) is 9.94. The molecule has 0 aromatic rings. The third kappa shape index (κ3) is 14.2. The number of unbranched alkanes of at least 4 members (excludes halogenated alkanes) is 2. The SMILES string of the molecule is C/C(C(=O)O)=C(/CCCCN1CCOCC1)C(=O)O.COC(=O)/C(=C/C(=O)O)CCCCN1CCOCC1. The summed E-state index contributed by atoms with van der Waals surface area (Å²) < 4.78 is 15.1. The first-order chi connectivity index (χ1) is 18.1. The van der Waals surface area contributed by atoms with Gasteiger partial charge in [0.2, 0.25) is 0 Å². The number of carboxylic acids is 3. The number of ether oxygens (including phenoxy) is 3. The molecular weight excluding hydrogens is 500 g/mol. The van der Waals surface area contributed by atoms with Crippen molar-refractivity contribution in [3.63, 3.8) is 0 Å². The summed E-state index contributed by atoms with van der Waals surface area (Å²) in [4.78, 5) is 48.3. The van der Waals surface area contributed by atoms with Gasteiger partial charge in [-0.05, 0) is 58.5 Å². The normalized spacial score (nSPS) is 17.6. The van der Waals surface area contributed by atoms with Crippen LogP contribution in [0.5, 0.6) is 0 Å². The van der Waals surface area contributed by atoms with E-state index in [9.17, 15) is 19.2 Å². The first-order valence-corrected chi connectivity index (χ1v) is 12.9. The van der Waals surface area contributed by atoms with E-state index in [2.05, 4.69) is 14.5 Å². The second kappa shape index (κ2) is 19.3. The van der Waals surface area contributed by atoms with E-state index in [0.717, 1.165) is 91.0 Å². The molecule has 216 valence electrons. The molecule has 0 radical (unpaired) electrons. The van der Waals surface area contributed by atoms with E-state index < -0.39 is 23.9 Å². The Hall–Kier alpha value is -2.80. The van der Waals surface area contributed by atoms with Crippen molar-refractivity contribution < 1.29 is 48.7 Å². The number of methoxy groups -OCH3 is 1. The number of esters is 1. The molecular formula is C26H42N2O10. The van der Waals surface area contributed by atoms with Gasteiger partial charge in [-0.1, -0.05) is 0 Å². The smallest absolute Gasteiger partial charge is 0.333 e. The topological polar surface area (TPSA) is 163 Å². The molecule has 2 aliphatic heterocycles. The Morgan fingerprint density at radius 3 is 1.63 bits per heavy atom. The quantitative estimate of drug-likeness (QED) is 0.165. The van der Waals surface area contributed by atoms with E-state index in [1.165, 1.54) is 14.0 Å². The van der Waals surface area contributed by atoms with Gasteiger partial charge in [0.05, 0.1) is 33.5 Å². The van der Waals surface area contributed by atoms with Gasteiger partial charge in [-0.3, -0.25) is 9.80 Å². The van der Waals surface area contributed by atoms with Gasteiger partial charge in [0.1, 0.15) is 0 Å². The Kier molecular flexibility index (Phi) is 16.9. The summed E-state index contributed by atoms with van der Waals surface area (Å²) in [5, 5.41) is 26.5. The summed E-state index contributed by atoms with van der Waals surface area (Å²) in [6.07, 6.45) is 4.91. The Bertz CT molecular complexity index is 828. The first kappa shape index (κ1) is 33.2. The molecule has 12 heteroatoms. The van der Waals surface area contributed by atoms with Crippen LogP contribution in [0, 0.1) is 0 Å². The van der Waals surface area contributed by atoms with Crippen molar-refractivity contribution >= 4 is 23.9 Å². The largest absolute Gasteiger partial charge is 0.478 e. The van der Waals surface area contributed by atoms with Crippen molar-refractivity contribution in [2.75, 3.05) is 72.8 Å². The molecule has 0 aromatic heterocycles. The molecule has 12 nitrogen and oxygen atoms in total. The summed E-state index contributed by atoms with van der Waals surface area (Å²) in [5.41, 5.74) is 0.158. The fourth-order valence-corrected chi connectivity index (χ4v) is 4.03. The fraction of sp³-hybridized carbons (Fsp3) is 0.692. The molecule has 0 aliphatic carbocycles. The molecule has 38 heavy (non-hydrogen) atoms. The van der Waals surface area contributed by atoms with E-state index in [1.807, 2.05) is 0 Å². The Morgan fingerprint density at radius 1 is 0.763 bits per heavy atom. The monoisotopic (exact) mass is 542 g/mol. The number of rotatable bonds is 14. The Labute approximate surface area is 223 Å². The van der Waals surface area contributed by atoms with E-state index >= 15 is 0 Å². The van der Waals surface area contributed by atoms with Gasteiger partial charge in [0.15, 0.2) is 0 Å². The average molecular weight is 543 g/mol. The summed E-state index contributed by atoms with van der Waals surface area (Å²) in [7, 11) is 1.26. The number of hydrogen-bond donors (Lipinski definition) is 3. The molecule has 0 unspecified atom stereocenters. The lowest BCUT2D eigenvalue weighted by Crippen LogP contribution is -2.36. The lowest BCUT2D eigenvalue weighted by atomic mass is 10.0. The predicted molar refractivity (Wildman–Crippen MR) is 138 cm³/mol. The second-order valence-electron chi connectivity index (χ2n) is 9.04. The van der Waals surface area contributed by atoms with Gasteiger partial charge in [-0.15, -0.1) is 0 Å². The Balaban J connectivity index is 0.000000380. The molecule has 0 amide bonds. The number of carbonyl (C=O) groups excluding carboxylic acids is 1. The number of carbonyl (C=O) groups is 4.